The molecular formula is C28H31F2N7OS. The minimum Gasteiger partial charge on any atom is -0.368 e. The molecule has 0 aliphatic carbocycles. The molecule has 5 heterocycles. The number of aromatic nitrogens is 3. The van der Waals surface area contributed by atoms with Crippen LogP contribution in [0.25, 0.3) is 16.9 Å². The normalized spacial score (nSPS) is 16.6. The maximum Gasteiger partial charge on any atom is 0.236 e. The van der Waals surface area contributed by atoms with Gasteiger partial charge in [-0.15, -0.1) is 11.3 Å². The van der Waals surface area contributed by atoms with Crippen molar-refractivity contribution in [2.75, 3.05) is 62.7 Å². The molecule has 2 aliphatic rings. The van der Waals surface area contributed by atoms with Gasteiger partial charge in [0.25, 0.3) is 0 Å². The first-order valence-electron chi connectivity index (χ1n) is 13.2. The van der Waals surface area contributed by atoms with Gasteiger partial charge in [0, 0.05) is 50.4 Å². The van der Waals surface area contributed by atoms with Gasteiger partial charge in [0.2, 0.25) is 5.91 Å². The number of halogens is 2. The van der Waals surface area contributed by atoms with Gasteiger partial charge in [-0.1, -0.05) is 6.92 Å². The second kappa shape index (κ2) is 10.5. The van der Waals surface area contributed by atoms with E-state index in [0.717, 1.165) is 71.8 Å². The van der Waals surface area contributed by atoms with E-state index in [2.05, 4.69) is 38.3 Å². The van der Waals surface area contributed by atoms with Crippen LogP contribution >= 0.6 is 11.3 Å². The van der Waals surface area contributed by atoms with Crippen molar-refractivity contribution in [3.05, 3.63) is 59.5 Å². The zero-order valence-corrected chi connectivity index (χ0v) is 22.9. The van der Waals surface area contributed by atoms with Gasteiger partial charge in [-0.05, 0) is 42.8 Å². The average Bonchev–Trinajstić information content (AvgIpc) is 3.56. The molecule has 6 rings (SSSR count). The van der Waals surface area contributed by atoms with Crippen LogP contribution in [0.4, 0.5) is 25.4 Å². The van der Waals surface area contributed by atoms with E-state index in [1.54, 1.807) is 28.4 Å². The molecule has 3 aromatic heterocycles. The summed E-state index contributed by atoms with van der Waals surface area (Å²) in [5.41, 5.74) is 4.64. The Labute approximate surface area is 230 Å². The summed E-state index contributed by atoms with van der Waals surface area (Å²) >= 11 is 1.54. The lowest BCUT2D eigenvalue weighted by molar-refractivity contribution is -0.139. The number of aryl methyl sites for hydroxylation is 1. The van der Waals surface area contributed by atoms with E-state index in [1.165, 1.54) is 12.1 Å². The third-order valence-electron chi connectivity index (χ3n) is 7.50. The molecule has 204 valence electrons. The molecule has 0 unspecified atom stereocenters. The molecule has 4 aromatic rings. The monoisotopic (exact) mass is 551 g/mol. The third-order valence-corrected chi connectivity index (χ3v) is 8.42. The molecule has 0 spiro atoms. The van der Waals surface area contributed by atoms with Crippen LogP contribution < -0.4 is 9.80 Å². The van der Waals surface area contributed by atoms with E-state index in [1.807, 2.05) is 18.5 Å². The lowest BCUT2D eigenvalue weighted by Gasteiger charge is -2.39. The number of piperazine rings is 1. The van der Waals surface area contributed by atoms with Gasteiger partial charge in [-0.25, -0.2) is 18.7 Å². The number of carbonyl (C=O) groups excluding carboxylic acids is 1. The van der Waals surface area contributed by atoms with Crippen molar-refractivity contribution < 1.29 is 13.6 Å². The van der Waals surface area contributed by atoms with Crippen LogP contribution in [0, 0.1) is 5.82 Å². The number of nitrogens with zero attached hydrogens (tertiary/aromatic N) is 7. The SMILES string of the molecule is CCc1nc2ccc(N3CCN(CC(=O)N4CC(F)C4)CC3)cn2c1N(C)c1nc(-c2ccc(F)cc2)cs1. The van der Waals surface area contributed by atoms with Crippen molar-refractivity contribution in [3.8, 4) is 11.3 Å². The van der Waals surface area contributed by atoms with Crippen molar-refractivity contribution in [2.45, 2.75) is 19.5 Å². The zero-order chi connectivity index (χ0) is 27.1. The second-order valence-corrected chi connectivity index (χ2v) is 10.9. The Balaban J connectivity index is 1.20. The summed E-state index contributed by atoms with van der Waals surface area (Å²) < 4.78 is 28.6. The highest BCUT2D eigenvalue weighted by molar-refractivity contribution is 7.14. The fraction of sp³-hybridized carbons (Fsp3) is 0.393. The Morgan fingerprint density at radius 2 is 1.82 bits per heavy atom. The van der Waals surface area contributed by atoms with E-state index in [9.17, 15) is 13.6 Å². The number of fused-ring (bicyclic) bond motifs is 1. The lowest BCUT2D eigenvalue weighted by atomic mass is 10.2. The maximum absolute atomic E-state index is 13.4. The molecule has 8 nitrogen and oxygen atoms in total. The first-order chi connectivity index (χ1) is 18.9. The number of amides is 1. The molecule has 0 atom stereocenters. The number of thiazole rings is 1. The van der Waals surface area contributed by atoms with Gasteiger partial charge in [0.1, 0.15) is 23.5 Å². The van der Waals surface area contributed by atoms with Crippen LogP contribution in [0.2, 0.25) is 0 Å². The minimum absolute atomic E-state index is 0.0155. The summed E-state index contributed by atoms with van der Waals surface area (Å²) in [7, 11) is 2.00. The number of pyridine rings is 1. The summed E-state index contributed by atoms with van der Waals surface area (Å²) in [5, 5.41) is 2.82. The number of carbonyl (C=O) groups is 1. The Kier molecular flexibility index (Phi) is 6.94. The standard InChI is InChI=1S/C28H31F2N7OS/c1-3-23-27(33(2)28-32-24(18-39-28)19-4-6-20(29)7-5-19)37-16-22(8-9-25(37)31-23)35-12-10-34(11-13-35)17-26(38)36-14-21(30)15-36/h4-9,16,18,21H,3,10-15,17H2,1-2H3. The molecule has 2 saturated heterocycles. The predicted molar refractivity (Wildman–Crippen MR) is 150 cm³/mol. The molecule has 39 heavy (non-hydrogen) atoms. The average molecular weight is 552 g/mol. The minimum atomic E-state index is -0.867. The van der Waals surface area contributed by atoms with Crippen molar-refractivity contribution in [1.29, 1.82) is 0 Å². The fourth-order valence-electron chi connectivity index (χ4n) is 5.20. The summed E-state index contributed by atoms with van der Waals surface area (Å²) in [4.78, 5) is 30.2. The summed E-state index contributed by atoms with van der Waals surface area (Å²) in [6.07, 6.45) is 2.04. The Hall–Kier alpha value is -3.57. The molecule has 0 radical (unpaired) electrons. The molecule has 1 aromatic carbocycles. The number of hydrogen-bond donors (Lipinski definition) is 0. The highest BCUT2D eigenvalue weighted by Crippen LogP contribution is 2.34. The maximum atomic E-state index is 13.4. The number of rotatable bonds is 7. The van der Waals surface area contributed by atoms with Crippen LogP contribution in [0.5, 0.6) is 0 Å². The van der Waals surface area contributed by atoms with Crippen LogP contribution in [0.3, 0.4) is 0 Å². The van der Waals surface area contributed by atoms with Crippen LogP contribution in [-0.4, -0.2) is 89.1 Å². The predicted octanol–water partition coefficient (Wildman–Crippen LogP) is 4.23. The van der Waals surface area contributed by atoms with Crippen LogP contribution in [0.1, 0.15) is 12.6 Å². The topological polar surface area (TPSA) is 60.2 Å². The Bertz CT molecular complexity index is 1470. The van der Waals surface area contributed by atoms with Crippen LogP contribution in [-0.2, 0) is 11.2 Å². The molecule has 1 amide bonds. The molecule has 0 bridgehead atoms. The van der Waals surface area contributed by atoms with E-state index in [0.29, 0.717) is 6.54 Å². The summed E-state index contributed by atoms with van der Waals surface area (Å²) in [5.74, 6) is 0.722. The molecule has 2 fully saturated rings. The Morgan fingerprint density at radius 1 is 1.08 bits per heavy atom. The third kappa shape index (κ3) is 5.08. The van der Waals surface area contributed by atoms with Gasteiger partial charge in [0.05, 0.1) is 36.7 Å². The number of likely N-dealkylation sites (tertiary alicyclic amines) is 1. The molecular weight excluding hydrogens is 520 g/mol. The van der Waals surface area contributed by atoms with Gasteiger partial charge >= 0.3 is 0 Å². The fourth-order valence-corrected chi connectivity index (χ4v) is 6.00. The largest absolute Gasteiger partial charge is 0.368 e. The van der Waals surface area contributed by atoms with E-state index >= 15 is 0 Å². The van der Waals surface area contributed by atoms with E-state index < -0.39 is 6.17 Å². The lowest BCUT2D eigenvalue weighted by Crippen LogP contribution is -2.56. The van der Waals surface area contributed by atoms with Gasteiger partial charge in [0.15, 0.2) is 5.13 Å². The summed E-state index contributed by atoms with van der Waals surface area (Å²) in [6.45, 7) is 6.07. The molecule has 0 N–H and O–H groups in total. The Morgan fingerprint density at radius 3 is 2.51 bits per heavy atom. The van der Waals surface area contributed by atoms with E-state index in [-0.39, 0.29) is 24.8 Å². The number of anilines is 3. The quantitative estimate of drug-likeness (QED) is 0.343. The van der Waals surface area contributed by atoms with Gasteiger partial charge in [-0.2, -0.15) is 0 Å². The van der Waals surface area contributed by atoms with Crippen molar-refractivity contribution >= 4 is 39.5 Å². The molecule has 0 saturated carbocycles. The van der Waals surface area contributed by atoms with E-state index in [4.69, 9.17) is 9.97 Å². The van der Waals surface area contributed by atoms with Crippen molar-refractivity contribution in [1.82, 2.24) is 24.2 Å². The number of hydrogen-bond acceptors (Lipinski definition) is 7. The number of alkyl halides is 1. The first kappa shape index (κ1) is 25.7. The number of imidazole rings is 1. The van der Waals surface area contributed by atoms with Crippen molar-refractivity contribution in [3.63, 3.8) is 0 Å². The van der Waals surface area contributed by atoms with Crippen molar-refractivity contribution in [2.24, 2.45) is 0 Å². The van der Waals surface area contributed by atoms with Gasteiger partial charge < -0.3 is 14.7 Å². The number of benzene rings is 1. The highest BCUT2D eigenvalue weighted by atomic mass is 32.1. The molecule has 11 heteroatoms. The van der Waals surface area contributed by atoms with Crippen LogP contribution in [0.15, 0.2) is 48.0 Å². The second-order valence-electron chi connectivity index (χ2n) is 10.1. The highest BCUT2D eigenvalue weighted by Gasteiger charge is 2.31. The summed E-state index contributed by atoms with van der Waals surface area (Å²) in [6, 6.07) is 10.5. The van der Waals surface area contributed by atoms with Gasteiger partial charge in [-0.3, -0.25) is 14.1 Å². The molecule has 2 aliphatic heterocycles. The first-order valence-corrected chi connectivity index (χ1v) is 14.1. The smallest absolute Gasteiger partial charge is 0.236 e. The zero-order valence-electron chi connectivity index (χ0n) is 22.1.